The molecule has 1 saturated heterocycles. The van der Waals surface area contributed by atoms with Gasteiger partial charge in [-0.25, -0.2) is 10.8 Å². The Bertz CT molecular complexity index is 245. The Labute approximate surface area is 103 Å². The second-order valence-electron chi connectivity index (χ2n) is 4.95. The quantitative estimate of drug-likeness (QED) is 0.297. The first-order valence-corrected chi connectivity index (χ1v) is 6.77. The fourth-order valence-electron chi connectivity index (χ4n) is 2.55. The van der Waals surface area contributed by atoms with E-state index in [1.807, 2.05) is 0 Å². The van der Waals surface area contributed by atoms with Crippen LogP contribution in [0, 0.1) is 0 Å². The van der Waals surface area contributed by atoms with E-state index in [9.17, 15) is 0 Å². The highest BCUT2D eigenvalue weighted by molar-refractivity contribution is 5.79. The lowest BCUT2D eigenvalue weighted by Crippen LogP contribution is -2.47. The van der Waals surface area contributed by atoms with Gasteiger partial charge in [-0.3, -0.25) is 5.43 Å². The summed E-state index contributed by atoms with van der Waals surface area (Å²) < 4.78 is 5.53. The van der Waals surface area contributed by atoms with Crippen LogP contribution in [0.3, 0.4) is 0 Å². The third-order valence-electron chi connectivity index (χ3n) is 3.56. The summed E-state index contributed by atoms with van der Waals surface area (Å²) in [7, 11) is 0. The van der Waals surface area contributed by atoms with Crippen LogP contribution < -0.4 is 16.6 Å². The van der Waals surface area contributed by atoms with Gasteiger partial charge in [0.15, 0.2) is 0 Å². The Morgan fingerprint density at radius 2 is 2.00 bits per heavy atom. The zero-order valence-corrected chi connectivity index (χ0v) is 10.5. The fourth-order valence-corrected chi connectivity index (χ4v) is 2.55. The zero-order chi connectivity index (χ0) is 11.9. The molecule has 0 spiro atoms. The monoisotopic (exact) mass is 240 g/mol. The first-order valence-electron chi connectivity index (χ1n) is 6.77. The third kappa shape index (κ3) is 4.16. The largest absolute Gasteiger partial charge is 0.376 e. The molecule has 2 rings (SSSR count). The van der Waals surface area contributed by atoms with Crippen molar-refractivity contribution in [2.24, 2.45) is 10.8 Å². The highest BCUT2D eigenvalue weighted by Crippen LogP contribution is 2.17. The minimum absolute atomic E-state index is 0.284. The van der Waals surface area contributed by atoms with Gasteiger partial charge >= 0.3 is 0 Å². The first-order chi connectivity index (χ1) is 8.38. The fraction of sp³-hybridized carbons (Fsp3) is 0.917. The number of nitrogens with zero attached hydrogens (tertiary/aromatic N) is 1. The van der Waals surface area contributed by atoms with Crippen LogP contribution in [0.2, 0.25) is 0 Å². The van der Waals surface area contributed by atoms with Gasteiger partial charge in [0.25, 0.3) is 0 Å². The van der Waals surface area contributed by atoms with Gasteiger partial charge in [-0.05, 0) is 25.7 Å². The number of nitrogens with two attached hydrogens (primary N) is 1. The van der Waals surface area contributed by atoms with Crippen molar-refractivity contribution in [3.8, 4) is 0 Å². The number of ether oxygens (including phenoxy) is 1. The Morgan fingerprint density at radius 1 is 1.18 bits per heavy atom. The molecule has 0 bridgehead atoms. The van der Waals surface area contributed by atoms with Crippen LogP contribution in [0.25, 0.3) is 0 Å². The standard InChI is InChI=1S/C12H24N4O/c13-16-12(14-9-11-7-4-8-17-11)15-10-5-2-1-3-6-10/h10-11H,1-9,13H2,(H2,14,15,16). The van der Waals surface area contributed by atoms with Crippen molar-refractivity contribution in [2.45, 2.75) is 57.1 Å². The number of nitrogens with one attached hydrogen (secondary N) is 2. The molecule has 0 amide bonds. The summed E-state index contributed by atoms with van der Waals surface area (Å²) in [6.45, 7) is 1.58. The Hall–Kier alpha value is -0.810. The molecule has 1 aliphatic heterocycles. The molecule has 1 heterocycles. The molecule has 1 saturated carbocycles. The van der Waals surface area contributed by atoms with E-state index in [2.05, 4.69) is 15.7 Å². The minimum Gasteiger partial charge on any atom is -0.376 e. The van der Waals surface area contributed by atoms with Gasteiger partial charge in [-0.1, -0.05) is 19.3 Å². The van der Waals surface area contributed by atoms with Crippen molar-refractivity contribution in [3.05, 3.63) is 0 Å². The Kier molecular flexibility index (Phi) is 5.07. The lowest BCUT2D eigenvalue weighted by Gasteiger charge is -2.24. The van der Waals surface area contributed by atoms with E-state index in [4.69, 9.17) is 10.6 Å². The predicted octanol–water partition coefficient (Wildman–Crippen LogP) is 0.907. The summed E-state index contributed by atoms with van der Waals surface area (Å²) >= 11 is 0. The number of hydrogen-bond donors (Lipinski definition) is 3. The van der Waals surface area contributed by atoms with E-state index >= 15 is 0 Å². The number of guanidine groups is 1. The second-order valence-corrected chi connectivity index (χ2v) is 4.95. The van der Waals surface area contributed by atoms with E-state index in [1.54, 1.807) is 0 Å². The van der Waals surface area contributed by atoms with Gasteiger partial charge < -0.3 is 10.1 Å². The van der Waals surface area contributed by atoms with Gasteiger partial charge in [-0.15, -0.1) is 0 Å². The van der Waals surface area contributed by atoms with E-state index in [0.717, 1.165) is 19.4 Å². The summed E-state index contributed by atoms with van der Waals surface area (Å²) in [6, 6.07) is 0.531. The van der Waals surface area contributed by atoms with Crippen LogP contribution in [0.4, 0.5) is 0 Å². The average Bonchev–Trinajstić information content (AvgIpc) is 2.89. The van der Waals surface area contributed by atoms with Crippen molar-refractivity contribution in [3.63, 3.8) is 0 Å². The van der Waals surface area contributed by atoms with E-state index < -0.39 is 0 Å². The number of hydrogen-bond acceptors (Lipinski definition) is 3. The normalized spacial score (nSPS) is 27.1. The van der Waals surface area contributed by atoms with Crippen molar-refractivity contribution in [2.75, 3.05) is 13.2 Å². The molecule has 1 atom stereocenters. The van der Waals surface area contributed by atoms with Crippen molar-refractivity contribution < 1.29 is 4.74 Å². The van der Waals surface area contributed by atoms with Crippen LogP contribution in [0.1, 0.15) is 44.9 Å². The molecule has 5 nitrogen and oxygen atoms in total. The van der Waals surface area contributed by atoms with Gasteiger partial charge in [-0.2, -0.15) is 0 Å². The summed E-state index contributed by atoms with van der Waals surface area (Å²) in [5, 5.41) is 3.39. The van der Waals surface area contributed by atoms with Crippen LogP contribution in [0.15, 0.2) is 4.99 Å². The number of hydrazine groups is 1. The van der Waals surface area contributed by atoms with Crippen LogP contribution in [0.5, 0.6) is 0 Å². The predicted molar refractivity (Wildman–Crippen MR) is 68.6 cm³/mol. The Balaban J connectivity index is 1.75. The number of aliphatic imine (C=N–C) groups is 1. The van der Waals surface area contributed by atoms with Crippen LogP contribution in [-0.2, 0) is 4.74 Å². The maximum atomic E-state index is 5.53. The maximum Gasteiger partial charge on any atom is 0.206 e. The number of rotatable bonds is 3. The van der Waals surface area contributed by atoms with Crippen molar-refractivity contribution in [1.82, 2.24) is 10.7 Å². The lowest BCUT2D eigenvalue weighted by molar-refractivity contribution is 0.117. The molecular weight excluding hydrogens is 216 g/mol. The molecule has 0 aromatic rings. The van der Waals surface area contributed by atoms with E-state index in [-0.39, 0.29) is 6.10 Å². The van der Waals surface area contributed by atoms with E-state index in [0.29, 0.717) is 18.5 Å². The molecule has 4 N–H and O–H groups in total. The molecule has 5 heteroatoms. The molecule has 2 aliphatic rings. The molecule has 1 aliphatic carbocycles. The zero-order valence-electron chi connectivity index (χ0n) is 10.5. The Morgan fingerprint density at radius 3 is 2.65 bits per heavy atom. The van der Waals surface area contributed by atoms with Crippen LogP contribution >= 0.6 is 0 Å². The van der Waals surface area contributed by atoms with Crippen molar-refractivity contribution in [1.29, 1.82) is 0 Å². The second kappa shape index (κ2) is 6.81. The average molecular weight is 240 g/mol. The van der Waals surface area contributed by atoms with Gasteiger partial charge in [0.05, 0.1) is 12.6 Å². The molecule has 0 aromatic heterocycles. The summed E-state index contributed by atoms with van der Waals surface area (Å²) in [4.78, 5) is 4.46. The minimum atomic E-state index is 0.284. The molecule has 0 radical (unpaired) electrons. The molecule has 2 fully saturated rings. The topological polar surface area (TPSA) is 71.7 Å². The highest BCUT2D eigenvalue weighted by atomic mass is 16.5. The van der Waals surface area contributed by atoms with Gasteiger partial charge in [0.2, 0.25) is 5.96 Å². The molecule has 0 aromatic carbocycles. The SMILES string of the molecule is NNC(=NCC1CCCO1)NC1CCCCC1. The molecule has 17 heavy (non-hydrogen) atoms. The third-order valence-corrected chi connectivity index (χ3v) is 3.56. The first kappa shape index (κ1) is 12.6. The van der Waals surface area contributed by atoms with Crippen LogP contribution in [-0.4, -0.2) is 31.3 Å². The lowest BCUT2D eigenvalue weighted by atomic mass is 9.96. The summed E-state index contributed by atoms with van der Waals surface area (Å²) in [6.07, 6.45) is 8.97. The van der Waals surface area contributed by atoms with Gasteiger partial charge in [0, 0.05) is 12.6 Å². The molecule has 1 unspecified atom stereocenters. The smallest absolute Gasteiger partial charge is 0.206 e. The molecule has 98 valence electrons. The summed E-state index contributed by atoms with van der Waals surface area (Å²) in [5.41, 5.74) is 2.66. The summed E-state index contributed by atoms with van der Waals surface area (Å²) in [5.74, 6) is 6.21. The maximum absolute atomic E-state index is 5.53. The van der Waals surface area contributed by atoms with E-state index in [1.165, 1.54) is 32.1 Å². The van der Waals surface area contributed by atoms with Gasteiger partial charge in [0.1, 0.15) is 0 Å². The highest BCUT2D eigenvalue weighted by Gasteiger charge is 2.16. The molecular formula is C12H24N4O. The van der Waals surface area contributed by atoms with Crippen molar-refractivity contribution >= 4 is 5.96 Å².